The second kappa shape index (κ2) is 12.9. The Bertz CT molecular complexity index is 874. The van der Waals surface area contributed by atoms with E-state index in [1.165, 1.54) is 0 Å². The first-order chi connectivity index (χ1) is 15.3. The first kappa shape index (κ1) is 25.5. The summed E-state index contributed by atoms with van der Waals surface area (Å²) in [6, 6.07) is 17.1. The summed E-state index contributed by atoms with van der Waals surface area (Å²) in [4.78, 5) is 37.7. The molecule has 0 fully saturated rings. The van der Waals surface area contributed by atoms with Crippen molar-refractivity contribution >= 4 is 30.4 Å². The number of rotatable bonds is 12. The molecule has 32 heavy (non-hydrogen) atoms. The van der Waals surface area contributed by atoms with Gasteiger partial charge in [-0.3, -0.25) is 9.59 Å². The predicted molar refractivity (Wildman–Crippen MR) is 129 cm³/mol. The Morgan fingerprint density at radius 2 is 1.31 bits per heavy atom. The van der Waals surface area contributed by atoms with Gasteiger partial charge in [0.25, 0.3) is 0 Å². The second-order valence-electron chi connectivity index (χ2n) is 8.35. The van der Waals surface area contributed by atoms with E-state index in [0.29, 0.717) is 18.6 Å². The SMILES string of the molecule is CC(C)C[C@H](NC(=O)[C@H](Cc1ccccc1)NC(=O)C(CS)Cc1ccccc1)C(=O)O. The van der Waals surface area contributed by atoms with E-state index in [2.05, 4.69) is 23.3 Å². The minimum Gasteiger partial charge on any atom is -0.480 e. The highest BCUT2D eigenvalue weighted by molar-refractivity contribution is 7.80. The lowest BCUT2D eigenvalue weighted by Gasteiger charge is -2.24. The van der Waals surface area contributed by atoms with Gasteiger partial charge in [0.1, 0.15) is 12.1 Å². The molecular weight excluding hydrogens is 424 g/mol. The molecule has 0 aliphatic rings. The lowest BCUT2D eigenvalue weighted by atomic mass is 9.98. The van der Waals surface area contributed by atoms with Gasteiger partial charge < -0.3 is 15.7 Å². The number of carbonyl (C=O) groups is 3. The molecule has 0 heterocycles. The Morgan fingerprint density at radius 3 is 1.78 bits per heavy atom. The predicted octanol–water partition coefficient (Wildman–Crippen LogP) is 3.12. The summed E-state index contributed by atoms with van der Waals surface area (Å²) in [5.74, 6) is -1.88. The molecule has 6 nitrogen and oxygen atoms in total. The van der Waals surface area contributed by atoms with Gasteiger partial charge in [-0.2, -0.15) is 12.6 Å². The van der Waals surface area contributed by atoms with Gasteiger partial charge in [0.05, 0.1) is 5.92 Å². The second-order valence-corrected chi connectivity index (χ2v) is 8.71. The van der Waals surface area contributed by atoms with E-state index in [1.807, 2.05) is 74.5 Å². The summed E-state index contributed by atoms with van der Waals surface area (Å²) >= 11 is 4.34. The maximum Gasteiger partial charge on any atom is 0.326 e. The molecule has 0 aliphatic carbocycles. The van der Waals surface area contributed by atoms with Crippen LogP contribution in [0.3, 0.4) is 0 Å². The van der Waals surface area contributed by atoms with E-state index in [1.54, 1.807) is 0 Å². The molecule has 0 saturated heterocycles. The number of hydrogen-bond acceptors (Lipinski definition) is 4. The van der Waals surface area contributed by atoms with Crippen molar-refractivity contribution in [2.75, 3.05) is 5.75 Å². The number of carboxylic acid groups (broad SMARTS) is 1. The van der Waals surface area contributed by atoms with Crippen LogP contribution in [0.2, 0.25) is 0 Å². The van der Waals surface area contributed by atoms with Crippen LogP contribution >= 0.6 is 12.6 Å². The van der Waals surface area contributed by atoms with Crippen LogP contribution in [0.25, 0.3) is 0 Å². The highest BCUT2D eigenvalue weighted by atomic mass is 32.1. The largest absolute Gasteiger partial charge is 0.480 e. The van der Waals surface area contributed by atoms with E-state index in [-0.39, 0.29) is 18.2 Å². The standard InChI is InChI=1S/C25H32N2O4S/c1-17(2)13-22(25(30)31)27-24(29)21(15-19-11-7-4-8-12-19)26-23(28)20(16-32)14-18-9-5-3-6-10-18/h3-12,17,20-22,32H,13-16H2,1-2H3,(H,26,28)(H,27,29)(H,30,31)/t20?,21-,22-/m0/s1. The lowest BCUT2D eigenvalue weighted by molar-refractivity contribution is -0.142. The molecule has 0 bridgehead atoms. The maximum atomic E-state index is 13.0. The minimum absolute atomic E-state index is 0.0954. The molecule has 172 valence electrons. The summed E-state index contributed by atoms with van der Waals surface area (Å²) in [5, 5.41) is 15.0. The summed E-state index contributed by atoms with van der Waals surface area (Å²) in [7, 11) is 0. The third-order valence-corrected chi connectivity index (χ3v) is 5.59. The molecule has 0 radical (unpaired) electrons. The molecule has 0 spiro atoms. The van der Waals surface area contributed by atoms with E-state index in [4.69, 9.17) is 0 Å². The fraction of sp³-hybridized carbons (Fsp3) is 0.400. The van der Waals surface area contributed by atoms with Crippen molar-refractivity contribution in [1.29, 1.82) is 0 Å². The highest BCUT2D eigenvalue weighted by Crippen LogP contribution is 2.13. The van der Waals surface area contributed by atoms with Gasteiger partial charge in [-0.1, -0.05) is 74.5 Å². The van der Waals surface area contributed by atoms with Crippen molar-refractivity contribution in [3.63, 3.8) is 0 Å². The smallest absolute Gasteiger partial charge is 0.326 e. The third-order valence-electron chi connectivity index (χ3n) is 5.15. The Hall–Kier alpha value is -2.80. The number of amides is 2. The van der Waals surface area contributed by atoms with Crippen molar-refractivity contribution in [2.24, 2.45) is 11.8 Å². The van der Waals surface area contributed by atoms with Crippen LogP contribution in [0.5, 0.6) is 0 Å². The number of hydrogen-bond donors (Lipinski definition) is 4. The topological polar surface area (TPSA) is 95.5 Å². The number of carboxylic acids is 1. The van der Waals surface area contributed by atoms with E-state index >= 15 is 0 Å². The highest BCUT2D eigenvalue weighted by Gasteiger charge is 2.29. The Balaban J connectivity index is 2.16. The third kappa shape index (κ3) is 8.38. The molecule has 2 amide bonds. The van der Waals surface area contributed by atoms with Crippen molar-refractivity contribution in [3.05, 3.63) is 71.8 Å². The van der Waals surface area contributed by atoms with Crippen LogP contribution in [-0.4, -0.2) is 40.7 Å². The van der Waals surface area contributed by atoms with Crippen LogP contribution in [0.4, 0.5) is 0 Å². The fourth-order valence-electron chi connectivity index (χ4n) is 3.45. The zero-order valence-electron chi connectivity index (χ0n) is 18.5. The molecule has 2 aromatic rings. The van der Waals surface area contributed by atoms with Gasteiger partial charge in [0.15, 0.2) is 0 Å². The van der Waals surface area contributed by atoms with Crippen LogP contribution in [-0.2, 0) is 27.2 Å². The minimum atomic E-state index is -1.09. The molecule has 2 aromatic carbocycles. The number of benzene rings is 2. The van der Waals surface area contributed by atoms with Crippen LogP contribution in [0.1, 0.15) is 31.4 Å². The Labute approximate surface area is 195 Å². The van der Waals surface area contributed by atoms with Gasteiger partial charge in [-0.05, 0) is 29.9 Å². The van der Waals surface area contributed by atoms with Gasteiger partial charge in [-0.15, -0.1) is 0 Å². The van der Waals surface area contributed by atoms with Crippen molar-refractivity contribution in [3.8, 4) is 0 Å². The van der Waals surface area contributed by atoms with Crippen molar-refractivity contribution < 1.29 is 19.5 Å². The molecule has 0 aliphatic heterocycles. The summed E-state index contributed by atoms with van der Waals surface area (Å²) < 4.78 is 0. The molecule has 0 saturated carbocycles. The Kier molecular flexibility index (Phi) is 10.3. The quantitative estimate of drug-likeness (QED) is 0.369. The summed E-state index contributed by atoms with van der Waals surface area (Å²) in [6.45, 7) is 3.79. The Morgan fingerprint density at radius 1 is 0.812 bits per heavy atom. The molecule has 2 rings (SSSR count). The van der Waals surface area contributed by atoms with Gasteiger partial charge >= 0.3 is 5.97 Å². The van der Waals surface area contributed by atoms with Gasteiger partial charge in [0.2, 0.25) is 11.8 Å². The number of aliphatic carboxylic acids is 1. The van der Waals surface area contributed by atoms with E-state index in [9.17, 15) is 19.5 Å². The number of thiol groups is 1. The average Bonchev–Trinajstić information content (AvgIpc) is 2.77. The first-order valence-electron chi connectivity index (χ1n) is 10.8. The monoisotopic (exact) mass is 456 g/mol. The average molecular weight is 457 g/mol. The van der Waals surface area contributed by atoms with Crippen LogP contribution < -0.4 is 10.6 Å². The van der Waals surface area contributed by atoms with Gasteiger partial charge in [0, 0.05) is 12.2 Å². The number of nitrogens with one attached hydrogen (secondary N) is 2. The maximum absolute atomic E-state index is 13.0. The van der Waals surface area contributed by atoms with Crippen LogP contribution in [0, 0.1) is 11.8 Å². The molecule has 7 heteroatoms. The van der Waals surface area contributed by atoms with Crippen LogP contribution in [0.15, 0.2) is 60.7 Å². The molecule has 1 unspecified atom stereocenters. The molecule has 3 atom stereocenters. The van der Waals surface area contributed by atoms with Crippen molar-refractivity contribution in [2.45, 2.75) is 45.2 Å². The normalized spacial score (nSPS) is 13.8. The molecular formula is C25H32N2O4S. The molecule has 0 aromatic heterocycles. The first-order valence-corrected chi connectivity index (χ1v) is 11.5. The zero-order chi connectivity index (χ0) is 23.5. The summed E-state index contributed by atoms with van der Waals surface area (Å²) in [6.07, 6.45) is 1.07. The number of carbonyl (C=O) groups excluding carboxylic acids is 2. The lowest BCUT2D eigenvalue weighted by Crippen LogP contribution is -2.54. The fourth-order valence-corrected chi connectivity index (χ4v) is 3.75. The van der Waals surface area contributed by atoms with Gasteiger partial charge in [-0.25, -0.2) is 4.79 Å². The zero-order valence-corrected chi connectivity index (χ0v) is 19.4. The van der Waals surface area contributed by atoms with Crippen molar-refractivity contribution in [1.82, 2.24) is 10.6 Å². The summed E-state index contributed by atoms with van der Waals surface area (Å²) in [5.41, 5.74) is 1.88. The van der Waals surface area contributed by atoms with E-state index in [0.717, 1.165) is 11.1 Å². The molecule has 3 N–H and O–H groups in total. The van der Waals surface area contributed by atoms with E-state index < -0.39 is 29.9 Å².